The number of nitrogens with zero attached hydrogens (tertiary/aromatic N) is 2. The average molecular weight is 253 g/mol. The fraction of sp³-hybridized carbons (Fsp3) is 0.846. The largest absolute Gasteiger partial charge is 0.381 e. The van der Waals surface area contributed by atoms with Crippen LogP contribution in [0.3, 0.4) is 0 Å². The molecular weight excluding hydrogens is 230 g/mol. The summed E-state index contributed by atoms with van der Waals surface area (Å²) in [4.78, 5) is 4.50. The molecule has 0 saturated heterocycles. The fourth-order valence-corrected chi connectivity index (χ4v) is 2.59. The molecule has 1 saturated carbocycles. The minimum Gasteiger partial charge on any atom is -0.381 e. The van der Waals surface area contributed by atoms with Crippen molar-refractivity contribution in [2.45, 2.75) is 51.5 Å². The van der Waals surface area contributed by atoms with Gasteiger partial charge in [0.2, 0.25) is 5.89 Å². The van der Waals surface area contributed by atoms with E-state index in [1.54, 1.807) is 0 Å². The van der Waals surface area contributed by atoms with E-state index in [0.717, 1.165) is 37.7 Å². The van der Waals surface area contributed by atoms with Gasteiger partial charge in [0.1, 0.15) is 0 Å². The summed E-state index contributed by atoms with van der Waals surface area (Å²) in [5.74, 6) is 1.95. The zero-order valence-corrected chi connectivity index (χ0v) is 11.3. The number of likely N-dealkylation sites (N-methyl/N-ethyl adjacent to an activating group) is 1. The molecule has 1 aliphatic rings. The molecule has 1 fully saturated rings. The molecule has 2 unspecified atom stereocenters. The molecular formula is C13H23N3O2. The first-order valence-corrected chi connectivity index (χ1v) is 6.98. The van der Waals surface area contributed by atoms with Gasteiger partial charge in [0.25, 0.3) is 0 Å². The summed E-state index contributed by atoms with van der Waals surface area (Å²) < 4.78 is 10.7. The topological polar surface area (TPSA) is 60.2 Å². The van der Waals surface area contributed by atoms with Crippen LogP contribution in [0.1, 0.15) is 50.7 Å². The molecule has 18 heavy (non-hydrogen) atoms. The van der Waals surface area contributed by atoms with Gasteiger partial charge in [-0.3, -0.25) is 0 Å². The number of hydrogen-bond acceptors (Lipinski definition) is 5. The van der Waals surface area contributed by atoms with Crippen LogP contribution >= 0.6 is 0 Å². The maximum Gasteiger partial charge on any atom is 0.231 e. The van der Waals surface area contributed by atoms with Crippen LogP contribution < -0.4 is 5.32 Å². The van der Waals surface area contributed by atoms with Crippen molar-refractivity contribution < 1.29 is 9.26 Å². The van der Waals surface area contributed by atoms with Crippen molar-refractivity contribution in [1.29, 1.82) is 0 Å². The molecule has 0 radical (unpaired) electrons. The predicted molar refractivity (Wildman–Crippen MR) is 68.6 cm³/mol. The van der Waals surface area contributed by atoms with Crippen molar-refractivity contribution in [2.75, 3.05) is 19.8 Å². The lowest BCUT2D eigenvalue weighted by molar-refractivity contribution is 0.149. The van der Waals surface area contributed by atoms with Gasteiger partial charge in [-0.05, 0) is 26.3 Å². The third-order valence-corrected chi connectivity index (χ3v) is 3.46. The Hall–Kier alpha value is -0.940. The lowest BCUT2D eigenvalue weighted by Crippen LogP contribution is -2.31. The summed E-state index contributed by atoms with van der Waals surface area (Å²) in [6, 6.07) is 0.496. The summed E-state index contributed by atoms with van der Waals surface area (Å²) in [6.07, 6.45) is 4.31. The van der Waals surface area contributed by atoms with E-state index in [-0.39, 0.29) is 0 Å². The van der Waals surface area contributed by atoms with Gasteiger partial charge in [-0.1, -0.05) is 18.5 Å². The Bertz CT molecular complexity index is 354. The minimum absolute atomic E-state index is 0.387. The van der Waals surface area contributed by atoms with Crippen LogP contribution in [0, 0.1) is 0 Å². The highest BCUT2D eigenvalue weighted by molar-refractivity contribution is 5.03. The molecule has 2 atom stereocenters. The molecule has 0 aromatic carbocycles. The third-order valence-electron chi connectivity index (χ3n) is 3.46. The Labute approximate surface area is 108 Å². The maximum absolute atomic E-state index is 5.40. The fourth-order valence-electron chi connectivity index (χ4n) is 2.59. The summed E-state index contributed by atoms with van der Waals surface area (Å²) in [6.45, 7) is 6.51. The molecule has 0 aliphatic heterocycles. The Morgan fingerprint density at radius 1 is 1.39 bits per heavy atom. The van der Waals surface area contributed by atoms with Crippen LogP contribution in [-0.2, 0) is 11.2 Å². The lowest BCUT2D eigenvalue weighted by Gasteiger charge is -2.16. The number of hydrogen-bond donors (Lipinski definition) is 1. The van der Waals surface area contributed by atoms with Crippen molar-refractivity contribution >= 4 is 0 Å². The molecule has 0 bridgehead atoms. The number of ether oxygens (including phenoxy) is 1. The van der Waals surface area contributed by atoms with Crippen LogP contribution in [-0.4, -0.2) is 35.9 Å². The van der Waals surface area contributed by atoms with E-state index in [1.807, 2.05) is 6.92 Å². The molecule has 1 aliphatic carbocycles. The normalized spacial score (nSPS) is 23.7. The SMILES string of the molecule is CCNC1CCCC1c1nc(CCOCC)no1. The van der Waals surface area contributed by atoms with E-state index in [1.165, 1.54) is 12.8 Å². The quantitative estimate of drug-likeness (QED) is 0.752. The summed E-state index contributed by atoms with van der Waals surface area (Å²) in [7, 11) is 0. The van der Waals surface area contributed by atoms with Crippen molar-refractivity contribution in [1.82, 2.24) is 15.5 Å². The first kappa shape index (κ1) is 13.5. The van der Waals surface area contributed by atoms with Gasteiger partial charge in [0.15, 0.2) is 5.82 Å². The van der Waals surface area contributed by atoms with Crippen molar-refractivity contribution in [2.24, 2.45) is 0 Å². The van der Waals surface area contributed by atoms with E-state index in [9.17, 15) is 0 Å². The second-order valence-corrected chi connectivity index (χ2v) is 4.70. The van der Waals surface area contributed by atoms with Gasteiger partial charge in [0, 0.05) is 19.1 Å². The minimum atomic E-state index is 0.387. The maximum atomic E-state index is 5.40. The summed E-state index contributed by atoms with van der Waals surface area (Å²) in [5.41, 5.74) is 0. The molecule has 5 heteroatoms. The van der Waals surface area contributed by atoms with Gasteiger partial charge < -0.3 is 14.6 Å². The monoisotopic (exact) mass is 253 g/mol. The van der Waals surface area contributed by atoms with Gasteiger partial charge in [-0.15, -0.1) is 0 Å². The highest BCUT2D eigenvalue weighted by Gasteiger charge is 2.32. The Morgan fingerprint density at radius 2 is 2.28 bits per heavy atom. The van der Waals surface area contributed by atoms with Gasteiger partial charge >= 0.3 is 0 Å². The van der Waals surface area contributed by atoms with Gasteiger partial charge in [-0.25, -0.2) is 0 Å². The Kier molecular flexibility index (Phi) is 5.13. The van der Waals surface area contributed by atoms with E-state index >= 15 is 0 Å². The molecule has 5 nitrogen and oxygen atoms in total. The Morgan fingerprint density at radius 3 is 3.06 bits per heavy atom. The van der Waals surface area contributed by atoms with E-state index in [2.05, 4.69) is 22.4 Å². The smallest absolute Gasteiger partial charge is 0.231 e. The van der Waals surface area contributed by atoms with Crippen LogP contribution in [0.5, 0.6) is 0 Å². The molecule has 1 heterocycles. The number of nitrogens with one attached hydrogen (secondary N) is 1. The molecule has 0 spiro atoms. The molecule has 102 valence electrons. The van der Waals surface area contributed by atoms with Crippen molar-refractivity contribution in [3.63, 3.8) is 0 Å². The van der Waals surface area contributed by atoms with Crippen LogP contribution in [0.25, 0.3) is 0 Å². The summed E-state index contributed by atoms with van der Waals surface area (Å²) >= 11 is 0. The molecule has 0 amide bonds. The molecule has 2 rings (SSSR count). The highest BCUT2D eigenvalue weighted by Crippen LogP contribution is 2.33. The second kappa shape index (κ2) is 6.85. The van der Waals surface area contributed by atoms with Gasteiger partial charge in [0.05, 0.1) is 12.5 Å². The first-order valence-electron chi connectivity index (χ1n) is 6.98. The Balaban J connectivity index is 1.92. The number of rotatable bonds is 7. The third kappa shape index (κ3) is 3.29. The van der Waals surface area contributed by atoms with Crippen molar-refractivity contribution in [3.05, 3.63) is 11.7 Å². The second-order valence-electron chi connectivity index (χ2n) is 4.70. The zero-order chi connectivity index (χ0) is 12.8. The molecule has 1 N–H and O–H groups in total. The standard InChI is InChI=1S/C13H23N3O2/c1-3-14-11-7-5-6-10(11)13-15-12(16-18-13)8-9-17-4-2/h10-11,14H,3-9H2,1-2H3. The lowest BCUT2D eigenvalue weighted by atomic mass is 10.0. The van der Waals surface area contributed by atoms with E-state index in [4.69, 9.17) is 9.26 Å². The molecule has 1 aromatic heterocycles. The first-order chi connectivity index (χ1) is 8.85. The van der Waals surface area contributed by atoms with Crippen LogP contribution in [0.2, 0.25) is 0 Å². The van der Waals surface area contributed by atoms with Crippen molar-refractivity contribution in [3.8, 4) is 0 Å². The summed E-state index contributed by atoms with van der Waals surface area (Å²) in [5, 5.41) is 7.54. The van der Waals surface area contributed by atoms with E-state index in [0.29, 0.717) is 18.6 Å². The predicted octanol–water partition coefficient (Wildman–Crippen LogP) is 1.89. The highest BCUT2D eigenvalue weighted by atomic mass is 16.5. The van der Waals surface area contributed by atoms with Crippen LogP contribution in [0.4, 0.5) is 0 Å². The van der Waals surface area contributed by atoms with Gasteiger partial charge in [-0.2, -0.15) is 4.98 Å². The van der Waals surface area contributed by atoms with Crippen LogP contribution in [0.15, 0.2) is 4.52 Å². The van der Waals surface area contributed by atoms with E-state index < -0.39 is 0 Å². The molecule has 1 aromatic rings. The average Bonchev–Trinajstić information content (AvgIpc) is 2.98. The number of aromatic nitrogens is 2. The zero-order valence-electron chi connectivity index (χ0n) is 11.3.